The van der Waals surface area contributed by atoms with E-state index in [2.05, 4.69) is 38.2 Å². The van der Waals surface area contributed by atoms with Crippen LogP contribution < -0.4 is 0 Å². The Morgan fingerprint density at radius 2 is 0.778 bits per heavy atom. The van der Waals surface area contributed by atoms with Crippen LogP contribution in [0.1, 0.15) is 227 Å². The molecule has 7 nitrogen and oxygen atoms in total. The van der Waals surface area contributed by atoms with E-state index in [0.29, 0.717) is 51.6 Å². The molecule has 0 heterocycles. The molecule has 0 aliphatic rings. The Hall–Kier alpha value is -2.31. The highest BCUT2D eigenvalue weighted by atomic mass is 16.6. The van der Waals surface area contributed by atoms with Crippen LogP contribution in [0.15, 0.2) is 24.3 Å². The van der Waals surface area contributed by atoms with Gasteiger partial charge in [0.2, 0.25) is 0 Å². The zero-order valence-electron chi connectivity index (χ0n) is 36.1. The first-order valence-corrected chi connectivity index (χ1v) is 22.7. The number of rotatable bonds is 38. The predicted molar refractivity (Wildman–Crippen MR) is 228 cm³/mol. The lowest BCUT2D eigenvalue weighted by Gasteiger charge is -2.28. The number of aliphatic carboxylic acids is 2. The van der Waals surface area contributed by atoms with Crippen molar-refractivity contribution in [2.45, 2.75) is 233 Å². The Balaban J connectivity index is 4.48. The minimum atomic E-state index is -0.763. The summed E-state index contributed by atoms with van der Waals surface area (Å²) in [4.78, 5) is 38.8. The maximum absolute atomic E-state index is 13.1. The van der Waals surface area contributed by atoms with Gasteiger partial charge in [0.25, 0.3) is 0 Å². The van der Waals surface area contributed by atoms with Gasteiger partial charge in [-0.1, -0.05) is 141 Å². The van der Waals surface area contributed by atoms with Crippen molar-refractivity contribution in [1.29, 1.82) is 0 Å². The fourth-order valence-electron chi connectivity index (χ4n) is 7.03. The molecule has 0 aliphatic heterocycles. The average molecular weight is 762 g/mol. The standard InChI is InChI=1S/C47H87NO6/c1-6-8-10-12-14-16-18-20-22-24-26-28-30-32-36-42(44(49)50)38-34-40-48(46(53)54-47(3,4)5)41-35-39-43(45(51)52)37-33-31-29-27-25-23-21-19-17-15-13-11-9-7-2/h20-23,42-43H,6-19,24-41H2,1-5H3,(H,49,50)(H,51,52)/b22-20-,23-21-. The number of hydrogen-bond acceptors (Lipinski definition) is 4. The van der Waals surface area contributed by atoms with Crippen LogP contribution in [0, 0.1) is 11.8 Å². The van der Waals surface area contributed by atoms with Crippen LogP contribution in [0.4, 0.5) is 4.79 Å². The summed E-state index contributed by atoms with van der Waals surface area (Å²) in [7, 11) is 0. The molecule has 0 aromatic heterocycles. The largest absolute Gasteiger partial charge is 0.481 e. The third-order valence-electron chi connectivity index (χ3n) is 10.4. The SMILES string of the molecule is CCCCCCCC/C=C\CCCCCCC(CCCN(CCCC(CCCCCC/C=C\CCCCCCCC)C(=O)O)C(=O)OC(C)(C)C)C(=O)O. The first kappa shape index (κ1) is 51.7. The van der Waals surface area contributed by atoms with Gasteiger partial charge in [0.15, 0.2) is 0 Å². The molecule has 0 radical (unpaired) electrons. The van der Waals surface area contributed by atoms with Crippen LogP contribution in [0.5, 0.6) is 0 Å². The maximum Gasteiger partial charge on any atom is 0.410 e. The van der Waals surface area contributed by atoms with E-state index in [-0.39, 0.29) is 0 Å². The molecule has 0 saturated carbocycles. The zero-order valence-corrected chi connectivity index (χ0v) is 36.1. The third-order valence-corrected chi connectivity index (χ3v) is 10.4. The van der Waals surface area contributed by atoms with Crippen LogP contribution in [-0.4, -0.2) is 51.8 Å². The Kier molecular flexibility index (Phi) is 34.8. The van der Waals surface area contributed by atoms with Crippen LogP contribution in [0.25, 0.3) is 0 Å². The number of carbonyl (C=O) groups is 3. The van der Waals surface area contributed by atoms with Crippen molar-refractivity contribution >= 4 is 18.0 Å². The van der Waals surface area contributed by atoms with Gasteiger partial charge in [-0.25, -0.2) is 4.79 Å². The smallest absolute Gasteiger partial charge is 0.410 e. The first-order chi connectivity index (χ1) is 26.0. The lowest BCUT2D eigenvalue weighted by atomic mass is 9.95. The van der Waals surface area contributed by atoms with E-state index >= 15 is 0 Å². The van der Waals surface area contributed by atoms with Crippen molar-refractivity contribution in [3.05, 3.63) is 24.3 Å². The summed E-state index contributed by atoms with van der Waals surface area (Å²) in [5.41, 5.74) is -0.643. The number of nitrogens with zero attached hydrogens (tertiary/aromatic N) is 1. The molecule has 0 spiro atoms. The summed E-state index contributed by atoms with van der Waals surface area (Å²) in [6, 6.07) is 0. The molecule has 54 heavy (non-hydrogen) atoms. The van der Waals surface area contributed by atoms with Gasteiger partial charge in [-0.2, -0.15) is 0 Å². The number of hydrogen-bond donors (Lipinski definition) is 2. The number of allylic oxidation sites excluding steroid dienone is 4. The van der Waals surface area contributed by atoms with E-state index in [9.17, 15) is 24.6 Å². The molecule has 7 heteroatoms. The predicted octanol–water partition coefficient (Wildman–Crippen LogP) is 14.5. The van der Waals surface area contributed by atoms with Crippen LogP contribution in [0.3, 0.4) is 0 Å². The number of carboxylic acids is 2. The maximum atomic E-state index is 13.1. The molecule has 316 valence electrons. The summed E-state index contributed by atoms with van der Waals surface area (Å²) >= 11 is 0. The van der Waals surface area contributed by atoms with Crippen molar-refractivity contribution in [3.8, 4) is 0 Å². The van der Waals surface area contributed by atoms with E-state index in [1.807, 2.05) is 20.8 Å². The van der Waals surface area contributed by atoms with Crippen molar-refractivity contribution in [2.75, 3.05) is 13.1 Å². The monoisotopic (exact) mass is 762 g/mol. The summed E-state index contributed by atoms with van der Waals surface area (Å²) in [5.74, 6) is -2.36. The second-order valence-corrected chi connectivity index (χ2v) is 16.9. The Morgan fingerprint density at radius 3 is 1.09 bits per heavy atom. The van der Waals surface area contributed by atoms with Crippen LogP contribution >= 0.6 is 0 Å². The Bertz CT molecular complexity index is 892. The van der Waals surface area contributed by atoms with Crippen LogP contribution in [0.2, 0.25) is 0 Å². The lowest BCUT2D eigenvalue weighted by molar-refractivity contribution is -0.143. The second kappa shape index (κ2) is 36.3. The average Bonchev–Trinajstić information content (AvgIpc) is 3.11. The van der Waals surface area contributed by atoms with Crippen molar-refractivity contribution in [3.63, 3.8) is 0 Å². The van der Waals surface area contributed by atoms with Gasteiger partial charge in [0.1, 0.15) is 5.60 Å². The summed E-state index contributed by atoms with van der Waals surface area (Å²) in [5, 5.41) is 19.8. The molecule has 0 aliphatic carbocycles. The summed E-state index contributed by atoms with van der Waals surface area (Å²) in [6.07, 6.45) is 41.3. The highest BCUT2D eigenvalue weighted by Crippen LogP contribution is 2.21. The Morgan fingerprint density at radius 1 is 0.481 bits per heavy atom. The highest BCUT2D eigenvalue weighted by molar-refractivity contribution is 5.70. The van der Waals surface area contributed by atoms with Gasteiger partial charge in [-0.3, -0.25) is 9.59 Å². The molecule has 2 unspecified atom stereocenters. The number of unbranched alkanes of at least 4 members (excludes halogenated alkanes) is 20. The second-order valence-electron chi connectivity index (χ2n) is 16.9. The van der Waals surface area contributed by atoms with Gasteiger partial charge in [-0.15, -0.1) is 0 Å². The van der Waals surface area contributed by atoms with Crippen molar-refractivity contribution in [2.24, 2.45) is 11.8 Å². The van der Waals surface area contributed by atoms with Gasteiger partial charge in [0.05, 0.1) is 11.8 Å². The normalized spacial score (nSPS) is 13.1. The van der Waals surface area contributed by atoms with E-state index < -0.39 is 35.5 Å². The van der Waals surface area contributed by atoms with E-state index in [1.165, 1.54) is 89.9 Å². The van der Waals surface area contributed by atoms with Crippen molar-refractivity contribution < 1.29 is 29.3 Å². The molecule has 0 aromatic carbocycles. The highest BCUT2D eigenvalue weighted by Gasteiger charge is 2.24. The number of amides is 1. The summed E-state index contributed by atoms with van der Waals surface area (Å²) in [6.45, 7) is 10.8. The number of ether oxygens (including phenoxy) is 1. The van der Waals surface area contributed by atoms with Gasteiger partial charge >= 0.3 is 18.0 Å². The zero-order chi connectivity index (χ0) is 40.1. The molecular formula is C47H87NO6. The molecule has 0 rings (SSSR count). The Labute approximate surface area is 333 Å². The minimum absolute atomic E-state index is 0.412. The fraction of sp³-hybridized carbons (Fsp3) is 0.851. The minimum Gasteiger partial charge on any atom is -0.481 e. The van der Waals surface area contributed by atoms with Gasteiger partial charge in [0, 0.05) is 13.1 Å². The number of carboxylic acid groups (broad SMARTS) is 2. The quantitative estimate of drug-likeness (QED) is 0.0479. The third kappa shape index (κ3) is 34.2. The topological polar surface area (TPSA) is 104 Å². The van der Waals surface area contributed by atoms with Gasteiger partial charge in [-0.05, 0) is 111 Å². The first-order valence-electron chi connectivity index (χ1n) is 22.7. The molecular weight excluding hydrogens is 675 g/mol. The molecule has 2 N–H and O–H groups in total. The van der Waals surface area contributed by atoms with Crippen molar-refractivity contribution in [1.82, 2.24) is 4.90 Å². The van der Waals surface area contributed by atoms with Gasteiger partial charge < -0.3 is 19.8 Å². The van der Waals surface area contributed by atoms with E-state index in [4.69, 9.17) is 4.74 Å². The lowest BCUT2D eigenvalue weighted by Crippen LogP contribution is -2.38. The molecule has 2 atom stereocenters. The fourth-order valence-corrected chi connectivity index (χ4v) is 7.03. The molecule has 0 bridgehead atoms. The molecule has 0 fully saturated rings. The van der Waals surface area contributed by atoms with E-state index in [1.54, 1.807) is 4.90 Å². The molecule has 0 saturated heterocycles. The van der Waals surface area contributed by atoms with Crippen LogP contribution in [-0.2, 0) is 14.3 Å². The summed E-state index contributed by atoms with van der Waals surface area (Å²) < 4.78 is 5.67. The molecule has 0 aromatic rings. The molecule has 1 amide bonds. The number of carbonyl (C=O) groups excluding carboxylic acids is 1. The van der Waals surface area contributed by atoms with E-state index in [0.717, 1.165) is 64.2 Å².